The summed E-state index contributed by atoms with van der Waals surface area (Å²) in [5, 5.41) is 11.5. The maximum Gasteiger partial charge on any atom is 0.260 e. The second kappa shape index (κ2) is 8.43. The Morgan fingerprint density at radius 3 is 2.77 bits per heavy atom. The van der Waals surface area contributed by atoms with Crippen molar-refractivity contribution in [2.24, 2.45) is 0 Å². The van der Waals surface area contributed by atoms with Gasteiger partial charge in [0.2, 0.25) is 0 Å². The minimum absolute atomic E-state index is 0.0640. The molecule has 1 unspecified atom stereocenters. The van der Waals surface area contributed by atoms with E-state index in [1.54, 1.807) is 11.2 Å². The summed E-state index contributed by atoms with van der Waals surface area (Å²) >= 11 is 0. The minimum atomic E-state index is -0.0640. The predicted molar refractivity (Wildman–Crippen MR) is 120 cm³/mol. The van der Waals surface area contributed by atoms with E-state index in [-0.39, 0.29) is 11.9 Å². The van der Waals surface area contributed by atoms with Gasteiger partial charge in [-0.05, 0) is 38.6 Å². The molecule has 0 saturated heterocycles. The van der Waals surface area contributed by atoms with Gasteiger partial charge in [0.15, 0.2) is 5.82 Å². The van der Waals surface area contributed by atoms with Crippen LogP contribution < -0.4 is 15.1 Å². The van der Waals surface area contributed by atoms with Crippen molar-refractivity contribution >= 4 is 17.5 Å². The quantitative estimate of drug-likeness (QED) is 0.628. The van der Waals surface area contributed by atoms with Gasteiger partial charge < -0.3 is 14.8 Å². The number of rotatable bonds is 7. The highest BCUT2D eigenvalue weighted by atomic mass is 16.2. The second-order valence-corrected chi connectivity index (χ2v) is 7.97. The third-order valence-corrected chi connectivity index (χ3v) is 5.67. The number of hydrogen-bond donors (Lipinski definition) is 1. The van der Waals surface area contributed by atoms with Crippen molar-refractivity contribution in [2.45, 2.75) is 39.4 Å². The van der Waals surface area contributed by atoms with E-state index >= 15 is 0 Å². The third kappa shape index (κ3) is 3.76. The normalized spacial score (nSPS) is 14.1. The van der Waals surface area contributed by atoms with Gasteiger partial charge in [-0.2, -0.15) is 0 Å². The summed E-state index contributed by atoms with van der Waals surface area (Å²) in [6.07, 6.45) is 2.69. The molecule has 1 aliphatic heterocycles. The van der Waals surface area contributed by atoms with Crippen LogP contribution in [-0.4, -0.2) is 51.8 Å². The molecule has 0 fully saturated rings. The summed E-state index contributed by atoms with van der Waals surface area (Å²) in [5.74, 6) is 2.00. The van der Waals surface area contributed by atoms with Crippen LogP contribution in [0.1, 0.15) is 47.9 Å². The maximum atomic E-state index is 13.3. The first-order valence-electron chi connectivity index (χ1n) is 10.5. The standard InChI is InChI=1S/C22H28N8O/c1-6-14(2)30-13-24-27-21(30)17-8-7-9-19(25-17)29-12-16-15(22(29)31)10-20(28(4)5)26-18(16)11-23-3/h7-10,13-14,23H,6,11-12H2,1-5H3. The lowest BCUT2D eigenvalue weighted by Crippen LogP contribution is -2.24. The Balaban J connectivity index is 1.72. The van der Waals surface area contributed by atoms with E-state index in [0.29, 0.717) is 36.0 Å². The Bertz CT molecular complexity index is 1110. The van der Waals surface area contributed by atoms with Gasteiger partial charge in [-0.1, -0.05) is 13.0 Å². The number of aromatic nitrogens is 5. The average molecular weight is 421 g/mol. The first kappa shape index (κ1) is 20.9. The van der Waals surface area contributed by atoms with Crippen molar-refractivity contribution in [2.75, 3.05) is 30.9 Å². The first-order valence-corrected chi connectivity index (χ1v) is 10.5. The van der Waals surface area contributed by atoms with E-state index in [0.717, 1.165) is 23.5 Å². The molecule has 1 aliphatic rings. The third-order valence-electron chi connectivity index (χ3n) is 5.67. The van der Waals surface area contributed by atoms with Crippen molar-refractivity contribution in [1.82, 2.24) is 30.0 Å². The Labute approximate surface area is 182 Å². The number of hydrogen-bond acceptors (Lipinski definition) is 7. The molecule has 0 aliphatic carbocycles. The molecule has 0 spiro atoms. The van der Waals surface area contributed by atoms with Gasteiger partial charge in [0.1, 0.15) is 23.7 Å². The van der Waals surface area contributed by atoms with Crippen LogP contribution in [0.4, 0.5) is 11.6 Å². The van der Waals surface area contributed by atoms with Crippen molar-refractivity contribution in [3.8, 4) is 11.5 Å². The molecule has 4 heterocycles. The summed E-state index contributed by atoms with van der Waals surface area (Å²) in [7, 11) is 5.73. The highest BCUT2D eigenvalue weighted by Crippen LogP contribution is 2.32. The van der Waals surface area contributed by atoms with Crippen LogP contribution in [0.5, 0.6) is 0 Å². The molecular formula is C22H28N8O. The van der Waals surface area contributed by atoms with E-state index < -0.39 is 0 Å². The maximum absolute atomic E-state index is 13.3. The van der Waals surface area contributed by atoms with Crippen LogP contribution in [0.25, 0.3) is 11.5 Å². The molecule has 31 heavy (non-hydrogen) atoms. The van der Waals surface area contributed by atoms with Gasteiger partial charge in [-0.25, -0.2) is 9.97 Å². The summed E-state index contributed by atoms with van der Waals surface area (Å²) in [4.78, 5) is 26.5. The van der Waals surface area contributed by atoms with Crippen LogP contribution >= 0.6 is 0 Å². The molecule has 3 aromatic heterocycles. The number of amides is 1. The SMILES string of the molecule is CCC(C)n1cnnc1-c1cccc(N2Cc3c(cc(N(C)C)nc3CNC)C2=O)n1. The number of fused-ring (bicyclic) bond motifs is 1. The molecule has 9 nitrogen and oxygen atoms in total. The zero-order chi connectivity index (χ0) is 22.1. The molecule has 9 heteroatoms. The summed E-state index contributed by atoms with van der Waals surface area (Å²) in [5.41, 5.74) is 3.20. The Hall–Kier alpha value is -3.33. The molecule has 0 bridgehead atoms. The van der Waals surface area contributed by atoms with Crippen LogP contribution in [-0.2, 0) is 13.1 Å². The number of nitrogens with zero attached hydrogens (tertiary/aromatic N) is 7. The van der Waals surface area contributed by atoms with Crippen molar-refractivity contribution in [3.63, 3.8) is 0 Å². The monoisotopic (exact) mass is 420 g/mol. The van der Waals surface area contributed by atoms with Gasteiger partial charge in [0, 0.05) is 32.2 Å². The van der Waals surface area contributed by atoms with E-state index in [1.165, 1.54) is 0 Å². The molecule has 0 saturated carbocycles. The van der Waals surface area contributed by atoms with Gasteiger partial charge in [-0.15, -0.1) is 10.2 Å². The topological polar surface area (TPSA) is 92.1 Å². The van der Waals surface area contributed by atoms with Crippen LogP contribution in [0.3, 0.4) is 0 Å². The number of nitrogens with one attached hydrogen (secondary N) is 1. The van der Waals surface area contributed by atoms with Crippen molar-refractivity contribution in [3.05, 3.63) is 47.4 Å². The van der Waals surface area contributed by atoms with Gasteiger partial charge in [-0.3, -0.25) is 9.69 Å². The zero-order valence-corrected chi connectivity index (χ0v) is 18.6. The highest BCUT2D eigenvalue weighted by Gasteiger charge is 2.33. The molecule has 3 aromatic rings. The lowest BCUT2D eigenvalue weighted by molar-refractivity contribution is 0.0996. The van der Waals surface area contributed by atoms with Gasteiger partial charge >= 0.3 is 0 Å². The Morgan fingerprint density at radius 2 is 2.06 bits per heavy atom. The van der Waals surface area contributed by atoms with Crippen molar-refractivity contribution < 1.29 is 4.79 Å². The van der Waals surface area contributed by atoms with E-state index in [9.17, 15) is 4.79 Å². The smallest absolute Gasteiger partial charge is 0.260 e. The number of pyridine rings is 2. The lowest BCUT2D eigenvalue weighted by Gasteiger charge is -2.17. The first-order chi connectivity index (χ1) is 14.9. The van der Waals surface area contributed by atoms with E-state index in [2.05, 4.69) is 29.4 Å². The fourth-order valence-electron chi connectivity index (χ4n) is 3.72. The van der Waals surface area contributed by atoms with Crippen molar-refractivity contribution in [1.29, 1.82) is 0 Å². The largest absolute Gasteiger partial charge is 0.363 e. The second-order valence-electron chi connectivity index (χ2n) is 7.97. The molecule has 0 radical (unpaired) electrons. The summed E-state index contributed by atoms with van der Waals surface area (Å²) < 4.78 is 2.02. The Morgan fingerprint density at radius 1 is 1.26 bits per heavy atom. The number of anilines is 2. The average Bonchev–Trinajstić information content (AvgIpc) is 3.39. The predicted octanol–water partition coefficient (Wildman–Crippen LogP) is 2.65. The van der Waals surface area contributed by atoms with E-state index in [4.69, 9.17) is 9.97 Å². The summed E-state index contributed by atoms with van der Waals surface area (Å²) in [6, 6.07) is 7.78. The van der Waals surface area contributed by atoms with Crippen LogP contribution in [0.2, 0.25) is 0 Å². The lowest BCUT2D eigenvalue weighted by atomic mass is 10.1. The van der Waals surface area contributed by atoms with Gasteiger partial charge in [0.05, 0.1) is 17.8 Å². The summed E-state index contributed by atoms with van der Waals surface area (Å²) in [6.45, 7) is 5.28. The van der Waals surface area contributed by atoms with E-state index in [1.807, 2.05) is 54.9 Å². The van der Waals surface area contributed by atoms with Crippen LogP contribution in [0, 0.1) is 0 Å². The molecule has 1 amide bonds. The van der Waals surface area contributed by atoms with Crippen LogP contribution in [0.15, 0.2) is 30.6 Å². The number of carbonyl (C=O) groups is 1. The number of carbonyl (C=O) groups excluding carboxylic acids is 1. The highest BCUT2D eigenvalue weighted by molar-refractivity contribution is 6.10. The molecule has 1 N–H and O–H groups in total. The zero-order valence-electron chi connectivity index (χ0n) is 18.6. The molecule has 162 valence electrons. The molecule has 1 atom stereocenters. The Kier molecular flexibility index (Phi) is 5.69. The molecular weight excluding hydrogens is 392 g/mol. The minimum Gasteiger partial charge on any atom is -0.363 e. The fraction of sp³-hybridized carbons (Fsp3) is 0.409. The molecule has 4 rings (SSSR count). The van der Waals surface area contributed by atoms with Gasteiger partial charge in [0.25, 0.3) is 5.91 Å². The molecule has 0 aromatic carbocycles. The fourth-order valence-corrected chi connectivity index (χ4v) is 3.72.